The number of nitrogens with zero attached hydrogens (tertiary/aromatic N) is 2. The highest BCUT2D eigenvalue weighted by molar-refractivity contribution is 8.01. The second-order valence-electron chi connectivity index (χ2n) is 4.98. The standard InChI is InChI=1S/C17H16N2OS3/c1-19(10-14-8-5-9-21-14)16(20)12-23-17-18-15(11-22-17)13-6-3-2-4-7-13/h2-9,11H,10,12H2,1H3. The molecule has 0 aliphatic rings. The molecule has 1 aromatic carbocycles. The molecule has 0 bridgehead atoms. The van der Waals surface area contributed by atoms with Gasteiger partial charge < -0.3 is 4.90 Å². The molecule has 0 atom stereocenters. The first-order chi connectivity index (χ1) is 11.2. The van der Waals surface area contributed by atoms with E-state index in [-0.39, 0.29) is 5.91 Å². The lowest BCUT2D eigenvalue weighted by atomic mass is 10.2. The van der Waals surface area contributed by atoms with Crippen molar-refractivity contribution < 1.29 is 4.79 Å². The Hall–Kier alpha value is -1.63. The van der Waals surface area contributed by atoms with Gasteiger partial charge in [-0.1, -0.05) is 48.2 Å². The van der Waals surface area contributed by atoms with Gasteiger partial charge >= 0.3 is 0 Å². The smallest absolute Gasteiger partial charge is 0.233 e. The van der Waals surface area contributed by atoms with E-state index in [4.69, 9.17) is 0 Å². The number of thioether (sulfide) groups is 1. The lowest BCUT2D eigenvalue weighted by Gasteiger charge is -2.15. The van der Waals surface area contributed by atoms with E-state index in [1.807, 2.05) is 54.2 Å². The Labute approximate surface area is 148 Å². The molecule has 0 unspecified atom stereocenters. The van der Waals surface area contributed by atoms with Crippen molar-refractivity contribution in [1.29, 1.82) is 0 Å². The number of rotatable bonds is 6. The maximum absolute atomic E-state index is 12.2. The lowest BCUT2D eigenvalue weighted by molar-refractivity contribution is -0.127. The number of thiophene rings is 1. The van der Waals surface area contributed by atoms with E-state index in [0.717, 1.165) is 15.6 Å². The number of hydrogen-bond acceptors (Lipinski definition) is 5. The summed E-state index contributed by atoms with van der Waals surface area (Å²) in [6.45, 7) is 0.671. The van der Waals surface area contributed by atoms with Crippen LogP contribution in [-0.4, -0.2) is 28.6 Å². The van der Waals surface area contributed by atoms with Crippen LogP contribution < -0.4 is 0 Å². The van der Waals surface area contributed by atoms with Gasteiger partial charge in [-0.25, -0.2) is 4.98 Å². The van der Waals surface area contributed by atoms with Crippen molar-refractivity contribution in [3.8, 4) is 11.3 Å². The molecule has 0 aliphatic heterocycles. The van der Waals surface area contributed by atoms with Crippen LogP contribution in [0.1, 0.15) is 4.88 Å². The van der Waals surface area contributed by atoms with Crippen molar-refractivity contribution in [2.24, 2.45) is 0 Å². The Morgan fingerprint density at radius 2 is 2.00 bits per heavy atom. The zero-order valence-corrected chi connectivity index (χ0v) is 15.1. The lowest BCUT2D eigenvalue weighted by Crippen LogP contribution is -2.27. The summed E-state index contributed by atoms with van der Waals surface area (Å²) in [5.41, 5.74) is 2.08. The number of amides is 1. The number of thiazole rings is 1. The van der Waals surface area contributed by atoms with Gasteiger partial charge in [-0.2, -0.15) is 0 Å². The molecule has 3 aromatic rings. The van der Waals surface area contributed by atoms with E-state index in [0.29, 0.717) is 12.3 Å². The van der Waals surface area contributed by atoms with Gasteiger partial charge in [0.15, 0.2) is 4.34 Å². The molecule has 1 amide bonds. The molecular formula is C17H16N2OS3. The Balaban J connectivity index is 1.54. The van der Waals surface area contributed by atoms with E-state index in [1.165, 1.54) is 16.6 Å². The molecule has 0 N–H and O–H groups in total. The number of carbonyl (C=O) groups is 1. The number of aromatic nitrogens is 1. The van der Waals surface area contributed by atoms with Crippen molar-refractivity contribution in [3.05, 3.63) is 58.1 Å². The summed E-state index contributed by atoms with van der Waals surface area (Å²) >= 11 is 4.76. The van der Waals surface area contributed by atoms with Crippen LogP contribution in [0.5, 0.6) is 0 Å². The Bertz CT molecular complexity index is 753. The highest BCUT2D eigenvalue weighted by atomic mass is 32.2. The van der Waals surface area contributed by atoms with Crippen LogP contribution in [0.3, 0.4) is 0 Å². The van der Waals surface area contributed by atoms with Crippen molar-refractivity contribution in [2.75, 3.05) is 12.8 Å². The minimum atomic E-state index is 0.125. The average Bonchev–Trinajstić information content (AvgIpc) is 3.25. The summed E-state index contributed by atoms with van der Waals surface area (Å²) in [5.74, 6) is 0.545. The van der Waals surface area contributed by atoms with Gasteiger partial charge in [0.1, 0.15) is 0 Å². The van der Waals surface area contributed by atoms with Crippen molar-refractivity contribution in [2.45, 2.75) is 10.9 Å². The first-order valence-corrected chi connectivity index (χ1v) is 9.87. The first-order valence-electron chi connectivity index (χ1n) is 7.12. The fourth-order valence-electron chi connectivity index (χ4n) is 2.02. The largest absolute Gasteiger partial charge is 0.340 e. The summed E-state index contributed by atoms with van der Waals surface area (Å²) in [6, 6.07) is 14.2. The maximum Gasteiger partial charge on any atom is 0.233 e. The Morgan fingerprint density at radius 1 is 1.17 bits per heavy atom. The third-order valence-electron chi connectivity index (χ3n) is 3.27. The topological polar surface area (TPSA) is 33.2 Å². The van der Waals surface area contributed by atoms with Gasteiger partial charge in [0.05, 0.1) is 18.0 Å². The predicted octanol–water partition coefficient (Wildman–Crippen LogP) is 4.62. The summed E-state index contributed by atoms with van der Waals surface area (Å²) in [5, 5.41) is 4.07. The summed E-state index contributed by atoms with van der Waals surface area (Å²) in [7, 11) is 1.85. The highest BCUT2D eigenvalue weighted by Crippen LogP contribution is 2.28. The fourth-order valence-corrected chi connectivity index (χ4v) is 4.56. The first kappa shape index (κ1) is 16.2. The second kappa shape index (κ2) is 7.77. The molecule has 0 aliphatic carbocycles. The van der Waals surface area contributed by atoms with Crippen LogP contribution in [-0.2, 0) is 11.3 Å². The van der Waals surface area contributed by atoms with Crippen LogP contribution in [0.4, 0.5) is 0 Å². The van der Waals surface area contributed by atoms with Gasteiger partial charge in [-0.05, 0) is 11.4 Å². The zero-order chi connectivity index (χ0) is 16.1. The van der Waals surface area contributed by atoms with Crippen molar-refractivity contribution in [3.63, 3.8) is 0 Å². The Morgan fingerprint density at radius 3 is 2.74 bits per heavy atom. The predicted molar refractivity (Wildman–Crippen MR) is 99.1 cm³/mol. The molecule has 23 heavy (non-hydrogen) atoms. The number of carbonyl (C=O) groups excluding carboxylic acids is 1. The molecule has 2 heterocycles. The highest BCUT2D eigenvalue weighted by Gasteiger charge is 2.12. The summed E-state index contributed by atoms with van der Waals surface area (Å²) in [4.78, 5) is 19.8. The molecular weight excluding hydrogens is 344 g/mol. The summed E-state index contributed by atoms with van der Waals surface area (Å²) in [6.07, 6.45) is 0. The van der Waals surface area contributed by atoms with E-state index < -0.39 is 0 Å². The maximum atomic E-state index is 12.2. The Kier molecular flexibility index (Phi) is 5.48. The fraction of sp³-hybridized carbons (Fsp3) is 0.176. The molecule has 6 heteroatoms. The van der Waals surface area contributed by atoms with Crippen molar-refractivity contribution in [1.82, 2.24) is 9.88 Å². The van der Waals surface area contributed by atoms with Crippen molar-refractivity contribution >= 4 is 40.3 Å². The molecule has 3 nitrogen and oxygen atoms in total. The van der Waals surface area contributed by atoms with Crippen LogP contribution >= 0.6 is 34.4 Å². The third-order valence-corrected chi connectivity index (χ3v) is 6.14. The molecule has 118 valence electrons. The van der Waals surface area contributed by atoms with Crippen LogP contribution in [0.2, 0.25) is 0 Å². The van der Waals surface area contributed by atoms with E-state index in [9.17, 15) is 4.79 Å². The molecule has 0 saturated heterocycles. The van der Waals surface area contributed by atoms with E-state index in [1.54, 1.807) is 27.6 Å². The van der Waals surface area contributed by atoms with Gasteiger partial charge in [-0.15, -0.1) is 22.7 Å². The number of hydrogen-bond donors (Lipinski definition) is 0. The van der Waals surface area contributed by atoms with E-state index in [2.05, 4.69) is 11.1 Å². The van der Waals surface area contributed by atoms with Gasteiger partial charge in [0.25, 0.3) is 0 Å². The van der Waals surface area contributed by atoms with Crippen LogP contribution in [0.15, 0.2) is 57.6 Å². The third kappa shape index (κ3) is 4.43. The van der Waals surface area contributed by atoms with Crippen LogP contribution in [0, 0.1) is 0 Å². The normalized spacial score (nSPS) is 10.7. The minimum Gasteiger partial charge on any atom is -0.340 e. The number of benzene rings is 1. The van der Waals surface area contributed by atoms with E-state index >= 15 is 0 Å². The average molecular weight is 361 g/mol. The SMILES string of the molecule is CN(Cc1cccs1)C(=O)CSc1nc(-c2ccccc2)cs1. The molecule has 0 radical (unpaired) electrons. The molecule has 2 aromatic heterocycles. The second-order valence-corrected chi connectivity index (χ2v) is 8.10. The molecule has 0 fully saturated rings. The zero-order valence-electron chi connectivity index (χ0n) is 12.6. The monoisotopic (exact) mass is 360 g/mol. The quantitative estimate of drug-likeness (QED) is 0.601. The minimum absolute atomic E-state index is 0.125. The summed E-state index contributed by atoms with van der Waals surface area (Å²) < 4.78 is 0.932. The molecule has 0 spiro atoms. The van der Waals surface area contributed by atoms with Gasteiger partial charge in [0, 0.05) is 22.9 Å². The van der Waals surface area contributed by atoms with Gasteiger partial charge in [-0.3, -0.25) is 4.79 Å². The molecule has 3 rings (SSSR count). The van der Waals surface area contributed by atoms with Crippen LogP contribution in [0.25, 0.3) is 11.3 Å². The van der Waals surface area contributed by atoms with Gasteiger partial charge in [0.2, 0.25) is 5.91 Å². The molecule has 0 saturated carbocycles.